The molecule has 4 rings (SSSR count). The summed E-state index contributed by atoms with van der Waals surface area (Å²) in [7, 11) is -3.60. The lowest BCUT2D eigenvalue weighted by Gasteiger charge is -2.30. The third-order valence-corrected chi connectivity index (χ3v) is 8.64. The second kappa shape index (κ2) is 9.62. The largest absolute Gasteiger partial charge is 0.462 e. The smallest absolute Gasteiger partial charge is 0.341 e. The predicted molar refractivity (Wildman–Crippen MR) is 129 cm³/mol. The zero-order valence-electron chi connectivity index (χ0n) is 18.5. The number of anilines is 1. The van der Waals surface area contributed by atoms with Crippen LogP contribution >= 0.6 is 11.3 Å². The summed E-state index contributed by atoms with van der Waals surface area (Å²) in [5.41, 5.74) is 0.623. The molecule has 2 aromatic carbocycles. The third kappa shape index (κ3) is 4.80. The molecule has 0 spiro atoms. The number of rotatable bonds is 6. The van der Waals surface area contributed by atoms with Gasteiger partial charge in [-0.05, 0) is 56.0 Å². The third-order valence-electron chi connectivity index (χ3n) is 5.68. The molecule has 0 radical (unpaired) electrons. The molecule has 0 aliphatic carbocycles. The molecule has 1 amide bonds. The number of hydrogen-bond acceptors (Lipinski definition) is 6. The van der Waals surface area contributed by atoms with Crippen molar-refractivity contribution in [2.75, 3.05) is 25.0 Å². The first-order valence-electron chi connectivity index (χ1n) is 10.9. The summed E-state index contributed by atoms with van der Waals surface area (Å²) in [5.74, 6) is -0.599. The summed E-state index contributed by atoms with van der Waals surface area (Å²) in [6.07, 6.45) is 1.87. The molecule has 1 N–H and O–H groups in total. The van der Waals surface area contributed by atoms with Gasteiger partial charge in [0.2, 0.25) is 10.0 Å². The number of thiophene rings is 1. The fourth-order valence-corrected chi connectivity index (χ4v) is 6.69. The van der Waals surface area contributed by atoms with Gasteiger partial charge in [0.15, 0.2) is 0 Å². The van der Waals surface area contributed by atoms with Gasteiger partial charge in [0, 0.05) is 28.7 Å². The Balaban J connectivity index is 1.57. The normalized spacial score (nSPS) is 17.1. The van der Waals surface area contributed by atoms with E-state index in [9.17, 15) is 18.0 Å². The van der Waals surface area contributed by atoms with E-state index in [1.54, 1.807) is 6.92 Å². The lowest BCUT2D eigenvalue weighted by Crippen LogP contribution is -2.39. The van der Waals surface area contributed by atoms with Crippen LogP contribution in [0.25, 0.3) is 10.1 Å². The molecule has 1 fully saturated rings. The van der Waals surface area contributed by atoms with Crippen LogP contribution in [-0.4, -0.2) is 44.3 Å². The monoisotopic (exact) mass is 486 g/mol. The Bertz CT molecular complexity index is 1280. The second-order valence-electron chi connectivity index (χ2n) is 8.11. The highest BCUT2D eigenvalue weighted by molar-refractivity contribution is 7.89. The number of piperidine rings is 1. The van der Waals surface area contributed by atoms with Crippen molar-refractivity contribution in [1.29, 1.82) is 0 Å². The van der Waals surface area contributed by atoms with Crippen LogP contribution in [0.4, 0.5) is 5.00 Å². The maximum atomic E-state index is 13.0. The first kappa shape index (κ1) is 23.4. The quantitative estimate of drug-likeness (QED) is 0.508. The van der Waals surface area contributed by atoms with Gasteiger partial charge in [0.05, 0.1) is 11.5 Å². The number of carbonyl (C=O) groups is 2. The molecular weight excluding hydrogens is 460 g/mol. The molecule has 1 aromatic heterocycles. The number of nitrogens with zero attached hydrogens (tertiary/aromatic N) is 1. The van der Waals surface area contributed by atoms with Crippen LogP contribution < -0.4 is 5.32 Å². The number of ether oxygens (including phenoxy) is 1. The summed E-state index contributed by atoms with van der Waals surface area (Å²) in [4.78, 5) is 25.6. The first-order chi connectivity index (χ1) is 15.8. The van der Waals surface area contributed by atoms with Gasteiger partial charge in [0.1, 0.15) is 10.6 Å². The minimum absolute atomic E-state index is 0.169. The average molecular weight is 487 g/mol. The zero-order chi connectivity index (χ0) is 23.6. The Hall–Kier alpha value is -2.75. The van der Waals surface area contributed by atoms with Crippen LogP contribution in [0.1, 0.15) is 47.4 Å². The average Bonchev–Trinajstić information content (AvgIpc) is 3.17. The fraction of sp³-hybridized carbons (Fsp3) is 0.333. The molecule has 0 saturated carbocycles. The Morgan fingerprint density at radius 3 is 2.58 bits per heavy atom. The van der Waals surface area contributed by atoms with E-state index in [-0.39, 0.29) is 11.5 Å². The molecule has 1 aliphatic heterocycles. The molecular formula is C24H26N2O5S2. The summed E-state index contributed by atoms with van der Waals surface area (Å²) in [6, 6.07) is 13.3. The van der Waals surface area contributed by atoms with Gasteiger partial charge in [-0.1, -0.05) is 25.1 Å². The fourth-order valence-electron chi connectivity index (χ4n) is 4.01. The van der Waals surface area contributed by atoms with Gasteiger partial charge in [-0.3, -0.25) is 4.79 Å². The van der Waals surface area contributed by atoms with E-state index < -0.39 is 21.9 Å². The van der Waals surface area contributed by atoms with E-state index in [1.807, 2.05) is 31.2 Å². The second-order valence-corrected chi connectivity index (χ2v) is 11.1. The van der Waals surface area contributed by atoms with Crippen molar-refractivity contribution < 1.29 is 22.7 Å². The van der Waals surface area contributed by atoms with Crippen molar-refractivity contribution >= 4 is 48.3 Å². The van der Waals surface area contributed by atoms with Crippen molar-refractivity contribution in [2.45, 2.75) is 31.6 Å². The molecule has 9 heteroatoms. The summed E-state index contributed by atoms with van der Waals surface area (Å²) in [6.45, 7) is 5.02. The number of fused-ring (bicyclic) bond motifs is 1. The summed E-state index contributed by atoms with van der Waals surface area (Å²) >= 11 is 1.29. The van der Waals surface area contributed by atoms with Crippen LogP contribution in [0.15, 0.2) is 53.4 Å². The van der Waals surface area contributed by atoms with Crippen LogP contribution in [0.2, 0.25) is 0 Å². The maximum Gasteiger partial charge on any atom is 0.341 e. The molecule has 1 aliphatic rings. The summed E-state index contributed by atoms with van der Waals surface area (Å²) in [5, 5.41) is 3.92. The minimum Gasteiger partial charge on any atom is -0.462 e. The molecule has 1 unspecified atom stereocenters. The number of sulfonamides is 1. The molecule has 0 bridgehead atoms. The zero-order valence-corrected chi connectivity index (χ0v) is 20.2. The number of benzene rings is 2. The molecule has 1 saturated heterocycles. The van der Waals surface area contributed by atoms with Gasteiger partial charge >= 0.3 is 5.97 Å². The van der Waals surface area contributed by atoms with Crippen molar-refractivity contribution in [3.8, 4) is 0 Å². The van der Waals surface area contributed by atoms with E-state index in [1.165, 1.54) is 39.9 Å². The Morgan fingerprint density at radius 1 is 1.15 bits per heavy atom. The van der Waals surface area contributed by atoms with Crippen molar-refractivity contribution in [3.05, 3.63) is 59.7 Å². The van der Waals surface area contributed by atoms with Gasteiger partial charge in [-0.25, -0.2) is 13.2 Å². The molecule has 1 atom stereocenters. The van der Waals surface area contributed by atoms with Gasteiger partial charge in [-0.2, -0.15) is 4.31 Å². The highest BCUT2D eigenvalue weighted by Crippen LogP contribution is 2.36. The van der Waals surface area contributed by atoms with Crippen molar-refractivity contribution in [1.82, 2.24) is 4.31 Å². The van der Waals surface area contributed by atoms with E-state index in [2.05, 4.69) is 5.32 Å². The minimum atomic E-state index is -3.60. The Kier molecular flexibility index (Phi) is 6.83. The number of hydrogen-bond donors (Lipinski definition) is 1. The van der Waals surface area contributed by atoms with E-state index in [0.717, 1.165) is 17.5 Å². The van der Waals surface area contributed by atoms with E-state index >= 15 is 0 Å². The van der Waals surface area contributed by atoms with Crippen LogP contribution in [0, 0.1) is 5.92 Å². The number of nitrogens with one attached hydrogen (secondary N) is 1. The Morgan fingerprint density at radius 2 is 1.88 bits per heavy atom. The van der Waals surface area contributed by atoms with Crippen LogP contribution in [-0.2, 0) is 14.8 Å². The predicted octanol–water partition coefficient (Wildman–Crippen LogP) is 4.75. The highest BCUT2D eigenvalue weighted by atomic mass is 32.2. The van der Waals surface area contributed by atoms with Gasteiger partial charge in [0.25, 0.3) is 5.91 Å². The van der Waals surface area contributed by atoms with E-state index in [0.29, 0.717) is 40.5 Å². The number of esters is 1. The standard InChI is InChI=1S/C24H26N2O5S2/c1-3-31-24(28)21-19-8-4-5-9-20(19)32-23(21)25-22(27)17-10-12-18(13-11-17)33(29,30)26-14-6-7-16(2)15-26/h4-5,8-13,16H,3,6-7,14-15H2,1-2H3,(H,25,27). The number of carbonyl (C=O) groups excluding carboxylic acids is 2. The summed E-state index contributed by atoms with van der Waals surface area (Å²) < 4.78 is 33.5. The SMILES string of the molecule is CCOC(=O)c1c(NC(=O)c2ccc(S(=O)(=O)N3CCCC(C)C3)cc2)sc2ccccc12. The lowest BCUT2D eigenvalue weighted by atomic mass is 10.0. The van der Waals surface area contributed by atoms with Gasteiger partial charge < -0.3 is 10.1 Å². The van der Waals surface area contributed by atoms with Crippen LogP contribution in [0.3, 0.4) is 0 Å². The van der Waals surface area contributed by atoms with Crippen LogP contribution in [0.5, 0.6) is 0 Å². The maximum absolute atomic E-state index is 13.0. The highest BCUT2D eigenvalue weighted by Gasteiger charge is 2.29. The first-order valence-corrected chi connectivity index (χ1v) is 13.2. The number of amides is 1. The van der Waals surface area contributed by atoms with Gasteiger partial charge in [-0.15, -0.1) is 11.3 Å². The lowest BCUT2D eigenvalue weighted by molar-refractivity contribution is 0.0530. The molecule has 174 valence electrons. The van der Waals surface area contributed by atoms with E-state index in [4.69, 9.17) is 4.74 Å². The van der Waals surface area contributed by atoms with Crippen molar-refractivity contribution in [2.24, 2.45) is 5.92 Å². The molecule has 7 nitrogen and oxygen atoms in total. The molecule has 33 heavy (non-hydrogen) atoms. The topological polar surface area (TPSA) is 92.8 Å². The molecule has 3 aromatic rings. The van der Waals surface area contributed by atoms with Crippen molar-refractivity contribution in [3.63, 3.8) is 0 Å². The Labute approximate surface area is 197 Å². The molecule has 2 heterocycles.